The smallest absolute Gasteiger partial charge is 0.386 e. The number of benzene rings is 4. The summed E-state index contributed by atoms with van der Waals surface area (Å²) < 4.78 is 43.4. The van der Waals surface area contributed by atoms with E-state index in [1.165, 1.54) is 15.9 Å². The van der Waals surface area contributed by atoms with Crippen LogP contribution in [0.2, 0.25) is 0 Å². The van der Waals surface area contributed by atoms with Gasteiger partial charge < -0.3 is 20.3 Å². The molecule has 8 nitrogen and oxygen atoms in total. The summed E-state index contributed by atoms with van der Waals surface area (Å²) in [6.07, 6.45) is -6.30. The lowest BCUT2D eigenvalue weighted by Gasteiger charge is -2.37. The van der Waals surface area contributed by atoms with E-state index in [1.54, 1.807) is 72.8 Å². The van der Waals surface area contributed by atoms with Crippen molar-refractivity contribution < 1.29 is 37.1 Å². The maximum absolute atomic E-state index is 15.0. The van der Waals surface area contributed by atoms with Crippen LogP contribution in [0.3, 0.4) is 0 Å². The van der Waals surface area contributed by atoms with Gasteiger partial charge in [0, 0.05) is 12.1 Å². The van der Waals surface area contributed by atoms with Crippen molar-refractivity contribution in [3.05, 3.63) is 137 Å². The number of ether oxygens (including phenoxy) is 1. The third-order valence-corrected chi connectivity index (χ3v) is 8.09. The van der Waals surface area contributed by atoms with Gasteiger partial charge in [-0.2, -0.15) is 25.8 Å². The Bertz CT molecular complexity index is 1900. The molecule has 0 aromatic heterocycles. The molecule has 3 atom stereocenters. The van der Waals surface area contributed by atoms with Gasteiger partial charge in [-0.15, -0.1) is 0 Å². The van der Waals surface area contributed by atoms with Gasteiger partial charge in [0.05, 0.1) is 35.5 Å². The summed E-state index contributed by atoms with van der Waals surface area (Å²) in [5.74, 6) is 0.374. The third kappa shape index (κ3) is 8.20. The van der Waals surface area contributed by atoms with E-state index in [9.17, 15) is 32.3 Å². The lowest BCUT2D eigenvalue weighted by Crippen LogP contribution is -2.45. The second-order valence-electron chi connectivity index (χ2n) is 11.1. The maximum Gasteiger partial charge on any atom is 0.491 e. The van der Waals surface area contributed by atoms with Gasteiger partial charge in [0.2, 0.25) is 0 Å². The number of anilines is 1. The molecule has 0 aliphatic carbocycles. The van der Waals surface area contributed by atoms with E-state index in [0.717, 1.165) is 5.56 Å². The summed E-state index contributed by atoms with van der Waals surface area (Å²) in [4.78, 5) is 57.1. The standard InChI is InChI=1S/C37H30F3N3O5S/c38-37(39,40)36(47)48-32(44)21-31(26-12-6-2-7-13-26)43-33(27-14-8-3-9-15-27)35(46)42(23-25-10-4-1-5-11-25)30-19-17-24(16-18-28(49)22-41)20-29(30)34(43)45/h1-15,17,19-20,28,31,33,49H,21-23,41H2. The number of rotatable bonds is 8. The topological polar surface area (TPSA) is 110 Å². The molecule has 4 aromatic carbocycles. The average molecular weight is 686 g/mol. The summed E-state index contributed by atoms with van der Waals surface area (Å²) in [6.45, 7) is 0.240. The van der Waals surface area contributed by atoms with Crippen LogP contribution in [0, 0.1) is 11.8 Å². The van der Waals surface area contributed by atoms with Gasteiger partial charge in [-0.1, -0.05) is 103 Å². The Balaban J connectivity index is 1.73. The van der Waals surface area contributed by atoms with Gasteiger partial charge in [-0.25, -0.2) is 4.79 Å². The highest BCUT2D eigenvalue weighted by atomic mass is 32.1. The van der Waals surface area contributed by atoms with Crippen molar-refractivity contribution in [1.82, 2.24) is 4.90 Å². The van der Waals surface area contributed by atoms with Gasteiger partial charge in [-0.05, 0) is 34.9 Å². The van der Waals surface area contributed by atoms with Crippen LogP contribution < -0.4 is 10.6 Å². The fourth-order valence-corrected chi connectivity index (χ4v) is 5.55. The van der Waals surface area contributed by atoms with Crippen molar-refractivity contribution >= 4 is 42.1 Å². The third-order valence-electron chi connectivity index (χ3n) is 7.75. The Morgan fingerprint density at radius 1 is 0.898 bits per heavy atom. The second-order valence-corrected chi connectivity index (χ2v) is 11.7. The van der Waals surface area contributed by atoms with Gasteiger partial charge in [0.1, 0.15) is 6.04 Å². The van der Waals surface area contributed by atoms with E-state index in [0.29, 0.717) is 16.7 Å². The molecular weight excluding hydrogens is 655 g/mol. The zero-order valence-corrected chi connectivity index (χ0v) is 26.7. The highest BCUT2D eigenvalue weighted by Crippen LogP contribution is 2.42. The van der Waals surface area contributed by atoms with Crippen molar-refractivity contribution in [2.24, 2.45) is 5.73 Å². The van der Waals surface area contributed by atoms with Crippen LogP contribution in [0.4, 0.5) is 18.9 Å². The number of thiol groups is 1. The lowest BCUT2D eigenvalue weighted by molar-refractivity contribution is -0.202. The number of esters is 2. The van der Waals surface area contributed by atoms with E-state index >= 15 is 0 Å². The van der Waals surface area contributed by atoms with Crippen LogP contribution in [0.25, 0.3) is 0 Å². The molecule has 0 fully saturated rings. The Kier molecular flexibility index (Phi) is 10.9. The number of halogens is 3. The minimum absolute atomic E-state index is 0.0543. The molecule has 3 unspecified atom stereocenters. The second kappa shape index (κ2) is 15.2. The Labute approximate surface area is 286 Å². The number of nitrogens with two attached hydrogens (primary N) is 1. The first-order valence-corrected chi connectivity index (χ1v) is 15.6. The number of hydrogen-bond acceptors (Lipinski definition) is 7. The van der Waals surface area contributed by atoms with Crippen LogP contribution in [-0.4, -0.2) is 46.6 Å². The maximum atomic E-state index is 15.0. The Morgan fingerprint density at radius 2 is 1.51 bits per heavy atom. The lowest BCUT2D eigenvalue weighted by atomic mass is 9.95. The molecule has 4 aromatic rings. The molecular formula is C37H30F3N3O5S. The molecule has 5 rings (SSSR count). The first-order valence-electron chi connectivity index (χ1n) is 15.1. The van der Waals surface area contributed by atoms with Crippen molar-refractivity contribution in [2.45, 2.75) is 36.5 Å². The van der Waals surface area contributed by atoms with E-state index in [-0.39, 0.29) is 24.3 Å². The molecule has 12 heteroatoms. The largest absolute Gasteiger partial charge is 0.491 e. The van der Waals surface area contributed by atoms with E-state index < -0.39 is 53.7 Å². The number of amides is 2. The summed E-state index contributed by atoms with van der Waals surface area (Å²) in [5, 5.41) is -0.447. The predicted molar refractivity (Wildman–Crippen MR) is 179 cm³/mol. The molecule has 0 saturated heterocycles. The van der Waals surface area contributed by atoms with E-state index in [2.05, 4.69) is 29.2 Å². The van der Waals surface area contributed by atoms with Gasteiger partial charge in [-0.3, -0.25) is 14.4 Å². The zero-order chi connectivity index (χ0) is 35.1. The fourth-order valence-electron chi connectivity index (χ4n) is 5.49. The number of carbonyl (C=O) groups is 4. The molecule has 0 radical (unpaired) electrons. The molecule has 0 spiro atoms. The number of carbonyl (C=O) groups excluding carboxylic acids is 4. The van der Waals surface area contributed by atoms with E-state index in [1.807, 2.05) is 30.3 Å². The van der Waals surface area contributed by atoms with Crippen LogP contribution in [-0.2, 0) is 25.7 Å². The summed E-state index contributed by atoms with van der Waals surface area (Å²) in [6, 6.07) is 27.6. The first-order chi connectivity index (χ1) is 23.5. The minimum Gasteiger partial charge on any atom is -0.386 e. The summed E-state index contributed by atoms with van der Waals surface area (Å²) in [7, 11) is 0. The first kappa shape index (κ1) is 34.9. The normalized spacial score (nSPS) is 15.7. The SMILES string of the molecule is NCC(S)C#Cc1ccc2c(c1)C(=O)N(C(CC(=O)OC(=O)C(F)(F)F)c1ccccc1)C(c1ccccc1)C(=O)N2Cc1ccccc1. The van der Waals surface area contributed by atoms with Gasteiger partial charge in [0.25, 0.3) is 11.8 Å². The number of alkyl halides is 3. The zero-order valence-electron chi connectivity index (χ0n) is 25.8. The molecule has 49 heavy (non-hydrogen) atoms. The van der Waals surface area contributed by atoms with Crippen LogP contribution >= 0.6 is 12.6 Å². The van der Waals surface area contributed by atoms with Crippen LogP contribution in [0.15, 0.2) is 109 Å². The van der Waals surface area contributed by atoms with Gasteiger partial charge >= 0.3 is 18.1 Å². The highest BCUT2D eigenvalue weighted by Gasteiger charge is 2.46. The molecule has 1 heterocycles. The number of fused-ring (bicyclic) bond motifs is 1. The Morgan fingerprint density at radius 3 is 2.12 bits per heavy atom. The van der Waals surface area contributed by atoms with Gasteiger partial charge in [0.15, 0.2) is 0 Å². The predicted octanol–water partition coefficient (Wildman–Crippen LogP) is 5.79. The van der Waals surface area contributed by atoms with Crippen molar-refractivity contribution in [1.29, 1.82) is 0 Å². The van der Waals surface area contributed by atoms with E-state index in [4.69, 9.17) is 5.73 Å². The minimum atomic E-state index is -5.43. The Hall–Kier alpha value is -5.38. The summed E-state index contributed by atoms with van der Waals surface area (Å²) in [5.41, 5.74) is 7.85. The molecule has 0 bridgehead atoms. The molecule has 1 aliphatic rings. The monoisotopic (exact) mass is 685 g/mol. The fraction of sp³-hybridized carbons (Fsp3) is 0.189. The quantitative estimate of drug-likeness (QED) is 0.105. The molecule has 2 amide bonds. The number of hydrogen-bond donors (Lipinski definition) is 2. The van der Waals surface area contributed by atoms with Crippen molar-refractivity contribution in [3.63, 3.8) is 0 Å². The summed E-state index contributed by atoms with van der Waals surface area (Å²) >= 11 is 4.32. The van der Waals surface area contributed by atoms with Crippen LogP contribution in [0.5, 0.6) is 0 Å². The van der Waals surface area contributed by atoms with Crippen molar-refractivity contribution in [3.8, 4) is 11.8 Å². The molecule has 0 saturated carbocycles. The average Bonchev–Trinajstić information content (AvgIpc) is 3.19. The van der Waals surface area contributed by atoms with Crippen molar-refractivity contribution in [2.75, 3.05) is 11.4 Å². The molecule has 250 valence electrons. The highest BCUT2D eigenvalue weighted by molar-refractivity contribution is 7.81. The van der Waals surface area contributed by atoms with Crippen LogP contribution in [0.1, 0.15) is 51.1 Å². The molecule has 1 aliphatic heterocycles. The molecule has 2 N–H and O–H groups in total. The number of nitrogens with zero attached hydrogens (tertiary/aromatic N) is 2.